The van der Waals surface area contributed by atoms with Crippen molar-refractivity contribution in [2.75, 3.05) is 0 Å². The first-order chi connectivity index (χ1) is 4.31. The number of hydrogen-bond donors (Lipinski definition) is 0. The van der Waals surface area contributed by atoms with Gasteiger partial charge in [-0.25, -0.2) is 3.21 Å². The molecule has 0 spiro atoms. The quantitative estimate of drug-likeness (QED) is 0.528. The van der Waals surface area contributed by atoms with Gasteiger partial charge in [-0.1, -0.05) is 19.6 Å². The summed E-state index contributed by atoms with van der Waals surface area (Å²) in [7, 11) is 0. The van der Waals surface area contributed by atoms with Gasteiger partial charge < -0.3 is 0 Å². The van der Waals surface area contributed by atoms with Crippen LogP contribution in [0, 0.1) is 0 Å². The highest BCUT2D eigenvalue weighted by Crippen LogP contribution is 1.99. The fourth-order valence-corrected chi connectivity index (χ4v) is 1.42. The van der Waals surface area contributed by atoms with Crippen LogP contribution in [0.4, 0.5) is 0 Å². The second-order valence-electron chi connectivity index (χ2n) is 1.63. The fraction of sp³-hybridized carbons (Fsp3) is 0.429. The zero-order valence-electron chi connectivity index (χ0n) is 5.89. The Balaban J connectivity index is 3.67. The van der Waals surface area contributed by atoms with E-state index in [9.17, 15) is 0 Å². The summed E-state index contributed by atoms with van der Waals surface area (Å²) in [6.07, 6.45) is 2.89. The lowest BCUT2D eigenvalue weighted by molar-refractivity contribution is 1.28. The van der Waals surface area contributed by atoms with Gasteiger partial charge in [0.2, 0.25) is 0 Å². The SMILES string of the molecule is C=CC=I/N=C(\C)CC. The van der Waals surface area contributed by atoms with Crippen molar-refractivity contribution in [1.82, 2.24) is 0 Å². The molecule has 0 aromatic heterocycles. The largest absolute Gasteiger partial charge is 0.232 e. The van der Waals surface area contributed by atoms with Crippen LogP contribution >= 0.6 is 21.0 Å². The van der Waals surface area contributed by atoms with Gasteiger partial charge in [-0.05, 0) is 17.4 Å². The number of halogens is 1. The summed E-state index contributed by atoms with van der Waals surface area (Å²) in [5, 5.41) is 0. The topological polar surface area (TPSA) is 12.4 Å². The Labute approximate surface area is 67.0 Å². The Hall–Kier alpha value is 0.01000. The van der Waals surface area contributed by atoms with E-state index in [2.05, 4.69) is 27.6 Å². The molecule has 9 heavy (non-hydrogen) atoms. The molecule has 0 N–H and O–H groups in total. The standard InChI is InChI=1S/C7H12IN/c1-4-6-8-9-7(3)5-2/h4,6H,1,5H2,2-3H3/b9-7+. The highest BCUT2D eigenvalue weighted by molar-refractivity contribution is 14.2. The van der Waals surface area contributed by atoms with Crippen LogP contribution in [0.25, 0.3) is 0 Å². The molecule has 0 amide bonds. The van der Waals surface area contributed by atoms with E-state index in [4.69, 9.17) is 0 Å². The molecule has 0 heterocycles. The summed E-state index contributed by atoms with van der Waals surface area (Å²) >= 11 is -0.0770. The average Bonchev–Trinajstić information content (AvgIpc) is 1.89. The third kappa shape index (κ3) is 5.89. The minimum atomic E-state index is -0.0770. The summed E-state index contributed by atoms with van der Waals surface area (Å²) in [6.45, 7) is 7.77. The van der Waals surface area contributed by atoms with E-state index in [0.29, 0.717) is 0 Å². The summed E-state index contributed by atoms with van der Waals surface area (Å²) in [4.78, 5) is 0. The molecule has 2 heteroatoms. The molecular formula is C7H12IN. The van der Waals surface area contributed by atoms with Crippen LogP contribution in [0.1, 0.15) is 20.3 Å². The summed E-state index contributed by atoms with van der Waals surface area (Å²) in [6, 6.07) is 0. The Morgan fingerprint density at radius 2 is 2.44 bits per heavy atom. The molecule has 0 aromatic rings. The molecule has 0 rings (SSSR count). The maximum Gasteiger partial charge on any atom is 0.0229 e. The van der Waals surface area contributed by atoms with Crippen molar-refractivity contribution in [2.24, 2.45) is 3.21 Å². The number of nitrogens with zero attached hydrogens (tertiary/aromatic N) is 1. The van der Waals surface area contributed by atoms with Crippen LogP contribution in [0.3, 0.4) is 0 Å². The van der Waals surface area contributed by atoms with Crippen LogP contribution in [-0.2, 0) is 0 Å². The number of hydrogen-bond acceptors (Lipinski definition) is 1. The van der Waals surface area contributed by atoms with Crippen molar-refractivity contribution in [2.45, 2.75) is 20.3 Å². The Morgan fingerprint density at radius 3 is 2.89 bits per heavy atom. The van der Waals surface area contributed by atoms with Gasteiger partial charge in [-0.15, -0.1) is 0 Å². The Kier molecular flexibility index (Phi) is 6.14. The lowest BCUT2D eigenvalue weighted by atomic mass is 10.3. The Morgan fingerprint density at radius 1 is 1.78 bits per heavy atom. The van der Waals surface area contributed by atoms with E-state index < -0.39 is 0 Å². The van der Waals surface area contributed by atoms with Gasteiger partial charge in [0.15, 0.2) is 0 Å². The Bertz CT molecular complexity index is 136. The van der Waals surface area contributed by atoms with Crippen LogP contribution in [-0.4, -0.2) is 9.72 Å². The van der Waals surface area contributed by atoms with E-state index in [1.165, 1.54) is 5.71 Å². The second kappa shape index (κ2) is 6.13. The maximum absolute atomic E-state index is 4.33. The van der Waals surface area contributed by atoms with Crippen LogP contribution in [0.2, 0.25) is 0 Å². The van der Waals surface area contributed by atoms with Gasteiger partial charge in [0, 0.05) is 26.7 Å². The minimum Gasteiger partial charge on any atom is -0.232 e. The molecule has 0 aliphatic heterocycles. The van der Waals surface area contributed by atoms with E-state index in [0.717, 1.165) is 6.42 Å². The lowest BCUT2D eigenvalue weighted by Gasteiger charge is -1.85. The van der Waals surface area contributed by atoms with E-state index in [1.54, 1.807) is 0 Å². The molecule has 0 aliphatic carbocycles. The predicted molar refractivity (Wildman–Crippen MR) is 53.7 cm³/mol. The van der Waals surface area contributed by atoms with Crippen molar-refractivity contribution >= 4 is 30.7 Å². The van der Waals surface area contributed by atoms with Gasteiger partial charge in [-0.3, -0.25) is 0 Å². The molecule has 1 nitrogen and oxygen atoms in total. The lowest BCUT2D eigenvalue weighted by Crippen LogP contribution is -1.81. The molecule has 0 radical (unpaired) electrons. The maximum atomic E-state index is 4.33. The van der Waals surface area contributed by atoms with E-state index >= 15 is 0 Å². The van der Waals surface area contributed by atoms with Gasteiger partial charge in [0.1, 0.15) is 0 Å². The molecule has 0 aromatic carbocycles. The van der Waals surface area contributed by atoms with E-state index in [-0.39, 0.29) is 21.0 Å². The summed E-state index contributed by atoms with van der Waals surface area (Å²) in [5.41, 5.74) is 1.25. The van der Waals surface area contributed by atoms with Crippen LogP contribution in [0.5, 0.6) is 0 Å². The fourth-order valence-electron chi connectivity index (χ4n) is 0.211. The van der Waals surface area contributed by atoms with Crippen molar-refractivity contribution in [3.8, 4) is 0 Å². The molecule has 52 valence electrons. The first kappa shape index (κ1) is 9.01. The van der Waals surface area contributed by atoms with E-state index in [1.807, 2.05) is 6.08 Å². The zero-order valence-corrected chi connectivity index (χ0v) is 8.05. The molecule has 0 saturated heterocycles. The molecular weight excluding hydrogens is 225 g/mol. The zero-order chi connectivity index (χ0) is 7.11. The second-order valence-corrected chi connectivity index (χ2v) is 3.39. The third-order valence-corrected chi connectivity index (χ3v) is 2.78. The van der Waals surface area contributed by atoms with Crippen molar-refractivity contribution < 1.29 is 0 Å². The summed E-state index contributed by atoms with van der Waals surface area (Å²) < 4.78 is 6.39. The van der Waals surface area contributed by atoms with Gasteiger partial charge in [0.25, 0.3) is 0 Å². The molecule has 0 saturated carbocycles. The van der Waals surface area contributed by atoms with Crippen molar-refractivity contribution in [3.63, 3.8) is 0 Å². The molecule has 0 atom stereocenters. The highest BCUT2D eigenvalue weighted by atomic mass is 127. The van der Waals surface area contributed by atoms with Gasteiger partial charge >= 0.3 is 0 Å². The average molecular weight is 237 g/mol. The van der Waals surface area contributed by atoms with Gasteiger partial charge in [0.05, 0.1) is 0 Å². The number of allylic oxidation sites excluding steroid dienone is 1. The summed E-state index contributed by atoms with van der Waals surface area (Å²) in [5.74, 6) is 0. The highest BCUT2D eigenvalue weighted by Gasteiger charge is 1.78. The molecule has 0 unspecified atom stereocenters. The smallest absolute Gasteiger partial charge is 0.0229 e. The first-order valence-corrected chi connectivity index (χ1v) is 5.12. The normalized spacial score (nSPS) is 13.3. The minimum absolute atomic E-state index is 0.0770. The van der Waals surface area contributed by atoms with Gasteiger partial charge in [-0.2, -0.15) is 0 Å². The van der Waals surface area contributed by atoms with Crippen LogP contribution < -0.4 is 0 Å². The third-order valence-electron chi connectivity index (χ3n) is 0.850. The predicted octanol–water partition coefficient (Wildman–Crippen LogP) is 2.73. The molecule has 0 aliphatic rings. The van der Waals surface area contributed by atoms with Crippen LogP contribution in [0.15, 0.2) is 15.9 Å². The molecule has 0 bridgehead atoms. The number of rotatable bonds is 3. The first-order valence-electron chi connectivity index (χ1n) is 2.91. The van der Waals surface area contributed by atoms with Crippen molar-refractivity contribution in [3.05, 3.63) is 12.7 Å². The molecule has 0 fully saturated rings. The van der Waals surface area contributed by atoms with Crippen molar-refractivity contribution in [1.29, 1.82) is 0 Å². The monoisotopic (exact) mass is 237 g/mol.